The van der Waals surface area contributed by atoms with E-state index in [1.807, 2.05) is 37.4 Å². The average molecular weight is 385 g/mol. The van der Waals surface area contributed by atoms with Gasteiger partial charge in [0, 0.05) is 28.5 Å². The highest BCUT2D eigenvalue weighted by Gasteiger charge is 2.10. The van der Waals surface area contributed by atoms with Gasteiger partial charge in [-0.15, -0.1) is 16.4 Å². The molecule has 0 amide bonds. The molecule has 0 aliphatic rings. The van der Waals surface area contributed by atoms with Crippen LogP contribution in [-0.2, 0) is 5.75 Å². The molecule has 0 spiro atoms. The Morgan fingerprint density at radius 2 is 2.19 bits per heavy atom. The Morgan fingerprint density at radius 3 is 3.04 bits per heavy atom. The van der Waals surface area contributed by atoms with Gasteiger partial charge in [-0.05, 0) is 19.1 Å². The maximum atomic E-state index is 12.1. The fourth-order valence-corrected chi connectivity index (χ4v) is 4.02. The summed E-state index contributed by atoms with van der Waals surface area (Å²) in [6, 6.07) is 9.17. The molecular formula is C17H15N5O2S2. The number of fused-ring (bicyclic) bond motifs is 1. The summed E-state index contributed by atoms with van der Waals surface area (Å²) in [7, 11) is 1.63. The van der Waals surface area contributed by atoms with Crippen molar-refractivity contribution in [3.8, 4) is 17.1 Å². The lowest BCUT2D eigenvalue weighted by atomic mass is 10.2. The SMILES string of the molecule is COc1cccc(-c2nc(SCc3cc(=O)n4cc(C)sc4n3)n[nH]2)c1. The number of aryl methyl sites for hydroxylation is 1. The zero-order chi connectivity index (χ0) is 18.1. The summed E-state index contributed by atoms with van der Waals surface area (Å²) in [5.74, 6) is 1.96. The molecule has 0 fully saturated rings. The summed E-state index contributed by atoms with van der Waals surface area (Å²) in [6.45, 7) is 1.96. The second-order valence-electron chi connectivity index (χ2n) is 5.57. The number of nitrogens with one attached hydrogen (secondary N) is 1. The van der Waals surface area contributed by atoms with Gasteiger partial charge in [-0.2, -0.15) is 0 Å². The summed E-state index contributed by atoms with van der Waals surface area (Å²) in [4.78, 5) is 22.9. The predicted octanol–water partition coefficient (Wildman–Crippen LogP) is 3.15. The quantitative estimate of drug-likeness (QED) is 0.531. The molecule has 4 rings (SSSR count). The molecule has 132 valence electrons. The summed E-state index contributed by atoms with van der Waals surface area (Å²) in [6.07, 6.45) is 1.81. The highest BCUT2D eigenvalue weighted by Crippen LogP contribution is 2.24. The van der Waals surface area contributed by atoms with Crippen LogP contribution in [0, 0.1) is 6.92 Å². The number of aromatic amines is 1. The van der Waals surface area contributed by atoms with E-state index in [0.717, 1.165) is 21.9 Å². The van der Waals surface area contributed by atoms with Crippen molar-refractivity contribution in [3.63, 3.8) is 0 Å². The van der Waals surface area contributed by atoms with Gasteiger partial charge in [-0.1, -0.05) is 23.9 Å². The van der Waals surface area contributed by atoms with Crippen molar-refractivity contribution in [2.45, 2.75) is 17.8 Å². The Balaban J connectivity index is 1.52. The minimum Gasteiger partial charge on any atom is -0.497 e. The fraction of sp³-hybridized carbons (Fsp3) is 0.176. The van der Waals surface area contributed by atoms with E-state index >= 15 is 0 Å². The number of H-pyrrole nitrogens is 1. The van der Waals surface area contributed by atoms with E-state index in [4.69, 9.17) is 4.74 Å². The van der Waals surface area contributed by atoms with Crippen LogP contribution in [0.3, 0.4) is 0 Å². The Hall–Kier alpha value is -2.65. The molecule has 4 aromatic rings. The zero-order valence-electron chi connectivity index (χ0n) is 14.1. The molecule has 0 saturated heterocycles. The van der Waals surface area contributed by atoms with Gasteiger partial charge in [0.2, 0.25) is 5.16 Å². The predicted molar refractivity (Wildman–Crippen MR) is 102 cm³/mol. The maximum Gasteiger partial charge on any atom is 0.258 e. The summed E-state index contributed by atoms with van der Waals surface area (Å²) in [5, 5.41) is 7.77. The maximum absolute atomic E-state index is 12.1. The van der Waals surface area contributed by atoms with Crippen molar-refractivity contribution >= 4 is 28.1 Å². The topological polar surface area (TPSA) is 85.2 Å². The van der Waals surface area contributed by atoms with Crippen LogP contribution < -0.4 is 10.3 Å². The van der Waals surface area contributed by atoms with Gasteiger partial charge in [0.25, 0.3) is 5.56 Å². The molecule has 3 heterocycles. The second kappa shape index (κ2) is 6.93. The molecule has 7 nitrogen and oxygen atoms in total. The summed E-state index contributed by atoms with van der Waals surface area (Å²) in [5.41, 5.74) is 1.55. The Bertz CT molecular complexity index is 1130. The second-order valence-corrected chi connectivity index (χ2v) is 7.72. The molecule has 0 aliphatic heterocycles. The molecule has 1 N–H and O–H groups in total. The number of rotatable bonds is 5. The minimum absolute atomic E-state index is 0.0676. The molecule has 0 radical (unpaired) electrons. The van der Waals surface area contributed by atoms with Crippen molar-refractivity contribution in [2.75, 3.05) is 7.11 Å². The molecule has 26 heavy (non-hydrogen) atoms. The van der Waals surface area contributed by atoms with Gasteiger partial charge in [0.05, 0.1) is 12.8 Å². The summed E-state index contributed by atoms with van der Waals surface area (Å²) < 4.78 is 6.80. The molecule has 0 aliphatic carbocycles. The highest BCUT2D eigenvalue weighted by atomic mass is 32.2. The Kier molecular flexibility index (Phi) is 4.48. The van der Waals surface area contributed by atoms with Crippen molar-refractivity contribution < 1.29 is 4.74 Å². The first-order valence-corrected chi connectivity index (χ1v) is 9.61. The van der Waals surface area contributed by atoms with E-state index in [-0.39, 0.29) is 5.56 Å². The number of nitrogens with zero attached hydrogens (tertiary/aromatic N) is 4. The van der Waals surface area contributed by atoms with Crippen LogP contribution >= 0.6 is 23.1 Å². The molecular weight excluding hydrogens is 370 g/mol. The number of ether oxygens (including phenoxy) is 1. The molecule has 0 bridgehead atoms. The highest BCUT2D eigenvalue weighted by molar-refractivity contribution is 7.98. The van der Waals surface area contributed by atoms with Crippen LogP contribution in [0.1, 0.15) is 10.6 Å². The smallest absolute Gasteiger partial charge is 0.258 e. The average Bonchev–Trinajstić information content (AvgIpc) is 3.26. The van der Waals surface area contributed by atoms with Crippen LogP contribution in [0.5, 0.6) is 5.75 Å². The third-order valence-corrected chi connectivity index (χ3v) is 5.47. The number of methoxy groups -OCH3 is 1. The van der Waals surface area contributed by atoms with Crippen LogP contribution in [-0.4, -0.2) is 31.7 Å². The number of thiazole rings is 1. The van der Waals surface area contributed by atoms with Gasteiger partial charge >= 0.3 is 0 Å². The van der Waals surface area contributed by atoms with Gasteiger partial charge in [-0.25, -0.2) is 9.97 Å². The molecule has 0 saturated carbocycles. The monoisotopic (exact) mass is 385 g/mol. The first-order valence-electron chi connectivity index (χ1n) is 7.81. The number of aromatic nitrogens is 5. The van der Waals surface area contributed by atoms with E-state index in [2.05, 4.69) is 20.2 Å². The van der Waals surface area contributed by atoms with Gasteiger partial charge in [0.1, 0.15) is 5.75 Å². The third kappa shape index (κ3) is 3.35. The third-order valence-electron chi connectivity index (χ3n) is 3.69. The van der Waals surface area contributed by atoms with Crippen LogP contribution in [0.4, 0.5) is 0 Å². The van der Waals surface area contributed by atoms with Gasteiger partial charge in [-0.3, -0.25) is 14.3 Å². The van der Waals surface area contributed by atoms with E-state index in [1.165, 1.54) is 23.1 Å². The van der Waals surface area contributed by atoms with Crippen LogP contribution in [0.2, 0.25) is 0 Å². The molecule has 3 aromatic heterocycles. The lowest BCUT2D eigenvalue weighted by Crippen LogP contribution is -2.12. The van der Waals surface area contributed by atoms with Crippen molar-refractivity contribution in [3.05, 3.63) is 57.5 Å². The molecule has 0 unspecified atom stereocenters. The number of hydrogen-bond donors (Lipinski definition) is 1. The van der Waals surface area contributed by atoms with Gasteiger partial charge in [0.15, 0.2) is 10.8 Å². The lowest BCUT2D eigenvalue weighted by Gasteiger charge is -2.00. The van der Waals surface area contributed by atoms with Crippen molar-refractivity contribution in [2.24, 2.45) is 0 Å². The van der Waals surface area contributed by atoms with E-state index in [1.54, 1.807) is 17.6 Å². The lowest BCUT2D eigenvalue weighted by molar-refractivity contribution is 0.415. The number of thioether (sulfide) groups is 1. The van der Waals surface area contributed by atoms with E-state index < -0.39 is 0 Å². The standard InChI is InChI=1S/C17H15N5O2S2/c1-10-8-22-14(23)7-12(18-17(22)26-10)9-25-16-19-15(20-21-16)11-4-3-5-13(6-11)24-2/h3-8H,9H2,1-2H3,(H,19,20,21). The summed E-state index contributed by atoms with van der Waals surface area (Å²) >= 11 is 2.93. The van der Waals surface area contributed by atoms with Crippen LogP contribution in [0.15, 0.2) is 46.5 Å². The van der Waals surface area contributed by atoms with Crippen molar-refractivity contribution in [1.29, 1.82) is 0 Å². The van der Waals surface area contributed by atoms with Crippen molar-refractivity contribution in [1.82, 2.24) is 24.6 Å². The zero-order valence-corrected chi connectivity index (χ0v) is 15.7. The minimum atomic E-state index is -0.0676. The Labute approximate surface area is 157 Å². The molecule has 0 atom stereocenters. The largest absolute Gasteiger partial charge is 0.497 e. The van der Waals surface area contributed by atoms with E-state index in [0.29, 0.717) is 21.7 Å². The van der Waals surface area contributed by atoms with Gasteiger partial charge < -0.3 is 4.74 Å². The first kappa shape index (κ1) is 16.8. The van der Waals surface area contributed by atoms with Crippen LogP contribution in [0.25, 0.3) is 16.3 Å². The molecule has 9 heteroatoms. The number of hydrogen-bond acceptors (Lipinski definition) is 7. The normalized spacial score (nSPS) is 11.2. The molecule has 1 aromatic carbocycles. The number of benzene rings is 1. The van der Waals surface area contributed by atoms with E-state index in [9.17, 15) is 4.79 Å². The first-order chi connectivity index (χ1) is 12.6. The Morgan fingerprint density at radius 1 is 1.31 bits per heavy atom. The fourth-order valence-electron chi connectivity index (χ4n) is 2.48.